The molecule has 0 radical (unpaired) electrons. The van der Waals surface area contributed by atoms with Crippen LogP contribution in [-0.4, -0.2) is 23.0 Å². The van der Waals surface area contributed by atoms with E-state index < -0.39 is 35.5 Å². The molecule has 0 saturated carbocycles. The second-order valence-electron chi connectivity index (χ2n) is 5.63. The summed E-state index contributed by atoms with van der Waals surface area (Å²) in [6.45, 7) is 0. The molecule has 26 heavy (non-hydrogen) atoms. The lowest BCUT2D eigenvalue weighted by atomic mass is 10.0. The number of carboxylic acids is 1. The number of carbonyl (C=O) groups excluding carboxylic acids is 1. The highest BCUT2D eigenvalue weighted by Gasteiger charge is 2.30. The molecule has 0 fully saturated rings. The molecule has 2 aromatic carbocycles. The lowest BCUT2D eigenvalue weighted by molar-refractivity contribution is -0.141. The lowest BCUT2D eigenvalue weighted by Crippen LogP contribution is -2.43. The first-order chi connectivity index (χ1) is 12.2. The summed E-state index contributed by atoms with van der Waals surface area (Å²) in [5.74, 6) is -2.61. The third-order valence-corrected chi connectivity index (χ3v) is 3.66. The topological polar surface area (TPSA) is 66.4 Å². The quantitative estimate of drug-likeness (QED) is 0.769. The van der Waals surface area contributed by atoms with Gasteiger partial charge in [0.15, 0.2) is 0 Å². The van der Waals surface area contributed by atoms with Gasteiger partial charge in [-0.3, -0.25) is 4.79 Å². The second-order valence-corrected chi connectivity index (χ2v) is 5.63. The van der Waals surface area contributed by atoms with Crippen molar-refractivity contribution in [2.24, 2.45) is 0 Å². The normalized spacial score (nSPS) is 12.5. The van der Waals surface area contributed by atoms with E-state index in [0.29, 0.717) is 5.56 Å². The van der Waals surface area contributed by atoms with Crippen LogP contribution in [-0.2, 0) is 28.6 Å². The minimum absolute atomic E-state index is 0.134. The van der Waals surface area contributed by atoms with Gasteiger partial charge >= 0.3 is 12.1 Å². The molecule has 1 amide bonds. The van der Waals surface area contributed by atoms with Gasteiger partial charge in [-0.1, -0.05) is 30.3 Å². The van der Waals surface area contributed by atoms with Gasteiger partial charge in [-0.05, 0) is 29.3 Å². The monoisotopic (exact) mass is 369 g/mol. The highest BCUT2D eigenvalue weighted by molar-refractivity contribution is 5.85. The number of hydrogen-bond donors (Lipinski definition) is 2. The number of benzene rings is 2. The van der Waals surface area contributed by atoms with Crippen molar-refractivity contribution < 1.29 is 32.3 Å². The summed E-state index contributed by atoms with van der Waals surface area (Å²) in [6, 6.07) is 8.22. The number of nitrogens with one attached hydrogen (secondary N) is 1. The minimum Gasteiger partial charge on any atom is -0.480 e. The zero-order chi connectivity index (χ0) is 19.3. The molecule has 0 heterocycles. The highest BCUT2D eigenvalue weighted by Crippen LogP contribution is 2.29. The summed E-state index contributed by atoms with van der Waals surface area (Å²) >= 11 is 0. The molecule has 0 aliphatic rings. The second kappa shape index (κ2) is 7.99. The van der Waals surface area contributed by atoms with E-state index >= 15 is 0 Å². The number of aliphatic carboxylic acids is 1. The van der Waals surface area contributed by atoms with E-state index in [1.54, 1.807) is 6.07 Å². The maximum absolute atomic E-state index is 13.6. The van der Waals surface area contributed by atoms with Crippen LogP contribution in [0, 0.1) is 5.82 Å². The Kier molecular flexibility index (Phi) is 5.97. The minimum atomic E-state index is -4.48. The van der Waals surface area contributed by atoms with Crippen molar-refractivity contribution in [3.05, 3.63) is 71.0 Å². The fraction of sp³-hybridized carbons (Fsp3) is 0.222. The number of hydrogen-bond acceptors (Lipinski definition) is 2. The van der Waals surface area contributed by atoms with Crippen molar-refractivity contribution in [3.63, 3.8) is 0 Å². The zero-order valence-electron chi connectivity index (χ0n) is 13.4. The molecule has 2 aromatic rings. The summed E-state index contributed by atoms with van der Waals surface area (Å²) in [4.78, 5) is 23.3. The first kappa shape index (κ1) is 19.4. The number of amides is 1. The van der Waals surface area contributed by atoms with Crippen molar-refractivity contribution in [1.29, 1.82) is 0 Å². The number of rotatable bonds is 6. The molecular formula is C18H15F4NO3. The summed E-state index contributed by atoms with van der Waals surface area (Å²) < 4.78 is 51.2. The summed E-state index contributed by atoms with van der Waals surface area (Å²) in [6.07, 6.45) is -5.02. The van der Waals surface area contributed by atoms with Crippen molar-refractivity contribution in [2.75, 3.05) is 0 Å². The molecule has 1 atom stereocenters. The first-order valence-electron chi connectivity index (χ1n) is 7.58. The summed E-state index contributed by atoms with van der Waals surface area (Å²) in [5.41, 5.74) is -0.412. The molecule has 8 heteroatoms. The standard InChI is InChI=1S/C18H15F4NO3/c19-14-4-2-1-3-12(14)10-15(17(25)26)23-16(24)9-11-5-7-13(8-6-11)18(20,21)22/h1-8,15H,9-10H2,(H,23,24)(H,25,26)/t15-/m0/s1. The van der Waals surface area contributed by atoms with Crippen LogP contribution >= 0.6 is 0 Å². The van der Waals surface area contributed by atoms with E-state index in [0.717, 1.165) is 24.3 Å². The van der Waals surface area contributed by atoms with Crippen LogP contribution in [0.4, 0.5) is 17.6 Å². The Bertz CT molecular complexity index is 788. The van der Waals surface area contributed by atoms with Crippen molar-refractivity contribution in [3.8, 4) is 0 Å². The molecule has 0 aromatic heterocycles. The van der Waals surface area contributed by atoms with E-state index in [4.69, 9.17) is 0 Å². The molecule has 0 unspecified atom stereocenters. The maximum Gasteiger partial charge on any atom is 0.416 e. The van der Waals surface area contributed by atoms with Crippen molar-refractivity contribution in [2.45, 2.75) is 25.1 Å². The number of carbonyl (C=O) groups is 2. The van der Waals surface area contributed by atoms with Gasteiger partial charge in [0.25, 0.3) is 0 Å². The smallest absolute Gasteiger partial charge is 0.416 e. The third kappa shape index (κ3) is 5.30. The fourth-order valence-electron chi connectivity index (χ4n) is 2.33. The first-order valence-corrected chi connectivity index (χ1v) is 7.58. The molecule has 2 N–H and O–H groups in total. The summed E-state index contributed by atoms with van der Waals surface area (Å²) in [5, 5.41) is 11.5. The van der Waals surface area contributed by atoms with Gasteiger partial charge < -0.3 is 10.4 Å². The fourth-order valence-corrected chi connectivity index (χ4v) is 2.33. The van der Waals surface area contributed by atoms with Gasteiger partial charge in [-0.2, -0.15) is 13.2 Å². The number of carboxylic acid groups (broad SMARTS) is 1. The Morgan fingerprint density at radius 2 is 1.65 bits per heavy atom. The Balaban J connectivity index is 2.02. The largest absolute Gasteiger partial charge is 0.480 e. The molecule has 0 aliphatic carbocycles. The average Bonchev–Trinajstić information content (AvgIpc) is 2.55. The predicted molar refractivity (Wildman–Crippen MR) is 84.8 cm³/mol. The van der Waals surface area contributed by atoms with Crippen LogP contribution in [0.15, 0.2) is 48.5 Å². The van der Waals surface area contributed by atoms with E-state index in [9.17, 15) is 32.3 Å². The molecular weight excluding hydrogens is 354 g/mol. The number of alkyl halides is 3. The lowest BCUT2D eigenvalue weighted by Gasteiger charge is -2.15. The Morgan fingerprint density at radius 3 is 2.19 bits per heavy atom. The van der Waals surface area contributed by atoms with E-state index in [-0.39, 0.29) is 18.4 Å². The maximum atomic E-state index is 13.6. The average molecular weight is 369 g/mol. The van der Waals surface area contributed by atoms with Gasteiger partial charge in [0.1, 0.15) is 11.9 Å². The molecule has 0 aliphatic heterocycles. The van der Waals surface area contributed by atoms with Gasteiger partial charge in [-0.15, -0.1) is 0 Å². The Labute approximate surface area is 146 Å². The van der Waals surface area contributed by atoms with Crippen LogP contribution < -0.4 is 5.32 Å². The molecule has 4 nitrogen and oxygen atoms in total. The van der Waals surface area contributed by atoms with Gasteiger partial charge in [0.2, 0.25) is 5.91 Å². The Hall–Kier alpha value is -2.90. The molecule has 0 bridgehead atoms. The number of halogens is 4. The van der Waals surface area contributed by atoms with E-state index in [2.05, 4.69) is 5.32 Å². The predicted octanol–water partition coefficient (Wildman–Crippen LogP) is 3.20. The molecule has 138 valence electrons. The molecule has 0 spiro atoms. The van der Waals surface area contributed by atoms with Crippen molar-refractivity contribution >= 4 is 11.9 Å². The third-order valence-electron chi connectivity index (χ3n) is 3.66. The van der Waals surface area contributed by atoms with Gasteiger partial charge in [0, 0.05) is 6.42 Å². The van der Waals surface area contributed by atoms with Gasteiger partial charge in [0.05, 0.1) is 12.0 Å². The molecule has 0 saturated heterocycles. The summed E-state index contributed by atoms with van der Waals surface area (Å²) in [7, 11) is 0. The van der Waals surface area contributed by atoms with Crippen LogP contribution in [0.3, 0.4) is 0 Å². The van der Waals surface area contributed by atoms with E-state index in [1.807, 2.05) is 0 Å². The van der Waals surface area contributed by atoms with Crippen molar-refractivity contribution in [1.82, 2.24) is 5.32 Å². The zero-order valence-corrected chi connectivity index (χ0v) is 13.4. The van der Waals surface area contributed by atoms with Crippen LogP contribution in [0.25, 0.3) is 0 Å². The van der Waals surface area contributed by atoms with E-state index in [1.165, 1.54) is 18.2 Å². The Morgan fingerprint density at radius 1 is 1.04 bits per heavy atom. The highest BCUT2D eigenvalue weighted by atomic mass is 19.4. The van der Waals surface area contributed by atoms with Crippen LogP contribution in [0.1, 0.15) is 16.7 Å². The van der Waals surface area contributed by atoms with Gasteiger partial charge in [-0.25, -0.2) is 9.18 Å². The van der Waals surface area contributed by atoms with Crippen LogP contribution in [0.2, 0.25) is 0 Å². The SMILES string of the molecule is O=C(Cc1ccc(C(F)(F)F)cc1)N[C@@H](Cc1ccccc1F)C(=O)O. The van der Waals surface area contributed by atoms with Crippen LogP contribution in [0.5, 0.6) is 0 Å². The molecule has 2 rings (SSSR count).